The van der Waals surface area contributed by atoms with Crippen molar-refractivity contribution in [1.82, 2.24) is 9.55 Å². The fourth-order valence-corrected chi connectivity index (χ4v) is 5.15. The van der Waals surface area contributed by atoms with Crippen LogP contribution in [0.1, 0.15) is 50.3 Å². The van der Waals surface area contributed by atoms with Crippen molar-refractivity contribution in [2.45, 2.75) is 50.2 Å². The van der Waals surface area contributed by atoms with Crippen LogP contribution in [0.4, 0.5) is 8.78 Å². The van der Waals surface area contributed by atoms with Crippen LogP contribution in [-0.2, 0) is 32.9 Å². The molecule has 0 radical (unpaired) electrons. The summed E-state index contributed by atoms with van der Waals surface area (Å²) in [4.78, 5) is 4.79. The average molecular weight is 541 g/mol. The largest absolute Gasteiger partial charge is 0.392 e. The molecule has 9 heteroatoms. The summed E-state index contributed by atoms with van der Waals surface area (Å²) < 4.78 is 48.5. The second kappa shape index (κ2) is 10.5. The Morgan fingerprint density at radius 1 is 0.974 bits per heavy atom. The molecule has 2 N–H and O–H groups in total. The zero-order valence-corrected chi connectivity index (χ0v) is 22.6. The van der Waals surface area contributed by atoms with E-state index in [2.05, 4.69) is 0 Å². The van der Waals surface area contributed by atoms with E-state index < -0.39 is 34.5 Å². The fraction of sp³-hybridized carbons (Fsp3) is 0.276. The van der Waals surface area contributed by atoms with Gasteiger partial charge in [-0.25, -0.2) is 18.0 Å². The van der Waals surface area contributed by atoms with Crippen LogP contribution in [0.5, 0.6) is 0 Å². The first kappa shape index (κ1) is 27.8. The first-order valence-electron chi connectivity index (χ1n) is 12.0. The van der Waals surface area contributed by atoms with Crippen molar-refractivity contribution in [1.29, 1.82) is 0 Å². The van der Waals surface area contributed by atoms with Crippen LogP contribution in [0.15, 0.2) is 71.8 Å². The van der Waals surface area contributed by atoms with Crippen LogP contribution in [0.25, 0.3) is 16.8 Å². The third kappa shape index (κ3) is 5.19. The molecule has 0 aliphatic rings. The molecule has 1 aromatic heterocycles. The quantitative estimate of drug-likeness (QED) is 0.307. The maximum atomic E-state index is 14.8. The van der Waals surface area contributed by atoms with Gasteiger partial charge in [-0.05, 0) is 69.2 Å². The third-order valence-electron chi connectivity index (χ3n) is 6.56. The molecule has 0 bridgehead atoms. The fourth-order valence-electron chi connectivity index (χ4n) is 4.39. The van der Waals surface area contributed by atoms with Crippen molar-refractivity contribution >= 4 is 11.1 Å². The Morgan fingerprint density at radius 2 is 1.63 bits per heavy atom. The van der Waals surface area contributed by atoms with Crippen LogP contribution in [0.2, 0.25) is 0 Å². The van der Waals surface area contributed by atoms with Gasteiger partial charge in [-0.15, -0.1) is 0 Å². The van der Waals surface area contributed by atoms with Crippen LogP contribution in [0, 0.1) is 11.6 Å². The van der Waals surface area contributed by atoms with Crippen molar-refractivity contribution in [3.8, 4) is 16.8 Å². The molecule has 200 valence electrons. The third-order valence-corrected chi connectivity index (χ3v) is 7.59. The molecule has 0 spiro atoms. The van der Waals surface area contributed by atoms with E-state index in [0.717, 1.165) is 0 Å². The summed E-state index contributed by atoms with van der Waals surface area (Å²) >= 11 is -1.94. The highest BCUT2D eigenvalue weighted by Crippen LogP contribution is 2.36. The Balaban J connectivity index is 1.82. The van der Waals surface area contributed by atoms with Crippen LogP contribution in [-0.4, -0.2) is 31.1 Å². The molecule has 0 amide bonds. The summed E-state index contributed by atoms with van der Waals surface area (Å²) in [6.45, 7) is 6.40. The minimum Gasteiger partial charge on any atom is -0.392 e. The van der Waals surface area contributed by atoms with Crippen molar-refractivity contribution in [2.24, 2.45) is 0 Å². The molecule has 0 aliphatic carbocycles. The maximum absolute atomic E-state index is 14.8. The van der Waals surface area contributed by atoms with Crippen LogP contribution >= 0.6 is 0 Å². The van der Waals surface area contributed by atoms with E-state index in [1.54, 1.807) is 62.5 Å². The van der Waals surface area contributed by atoms with E-state index in [1.807, 2.05) is 18.4 Å². The molecule has 3 aromatic carbocycles. The Bertz CT molecular complexity index is 1490. The molecule has 1 unspecified atom stereocenters. The topological polar surface area (TPSA) is 84.6 Å². The average Bonchev–Trinajstić information content (AvgIpc) is 3.35. The summed E-state index contributed by atoms with van der Waals surface area (Å²) in [5.41, 5.74) is 0.525. The number of imidazole rings is 1. The van der Waals surface area contributed by atoms with E-state index in [9.17, 15) is 23.2 Å². The molecular weight excluding hydrogens is 510 g/mol. The van der Waals surface area contributed by atoms with E-state index in [1.165, 1.54) is 25.3 Å². The van der Waals surface area contributed by atoms with Gasteiger partial charge in [0.15, 0.2) is 11.1 Å². The van der Waals surface area contributed by atoms with Gasteiger partial charge < -0.3 is 14.8 Å². The lowest BCUT2D eigenvalue weighted by molar-refractivity contribution is 0.0740. The number of halogens is 2. The Kier molecular flexibility index (Phi) is 7.67. The van der Waals surface area contributed by atoms with E-state index in [0.29, 0.717) is 33.9 Å². The minimum atomic E-state index is -1.94. The monoisotopic (exact) mass is 540 g/mol. The van der Waals surface area contributed by atoms with Gasteiger partial charge in [0.05, 0.1) is 29.7 Å². The normalized spacial score (nSPS) is 13.1. The standard InChI is InChI=1S/C29H30F2N2O4S/c1-28(2,22-8-6-7-9-23(22)30)27-32-26(29(3,4)35)16-33(27)20-12-10-18(11-13-20)19-14-24(31)21(17-34)25(15-19)38(36)37-5/h6-16,34-35H,17H2,1-5H3. The predicted octanol–water partition coefficient (Wildman–Crippen LogP) is 5.53. The summed E-state index contributed by atoms with van der Waals surface area (Å²) in [6, 6.07) is 16.5. The number of nitrogens with zero attached hydrogens (tertiary/aromatic N) is 2. The molecule has 1 heterocycles. The Hall–Kier alpha value is -3.24. The van der Waals surface area contributed by atoms with Gasteiger partial charge in [0.1, 0.15) is 23.1 Å². The number of hydrogen-bond donors (Lipinski definition) is 2. The first-order chi connectivity index (χ1) is 17.9. The first-order valence-corrected chi connectivity index (χ1v) is 13.0. The SMILES string of the molecule is COS(=O)c1cc(-c2ccc(-n3cc(C(C)(C)O)nc3C(C)(C)c3ccccc3F)cc2)cc(F)c1CO. The lowest BCUT2D eigenvalue weighted by atomic mass is 9.83. The molecule has 0 fully saturated rings. The molecule has 0 aliphatic heterocycles. The summed E-state index contributed by atoms with van der Waals surface area (Å²) in [6.07, 6.45) is 1.72. The predicted molar refractivity (Wildman–Crippen MR) is 142 cm³/mol. The van der Waals surface area contributed by atoms with Crippen molar-refractivity contribution < 1.29 is 27.4 Å². The van der Waals surface area contributed by atoms with E-state index in [-0.39, 0.29) is 16.3 Å². The van der Waals surface area contributed by atoms with Gasteiger partial charge in [-0.1, -0.05) is 30.3 Å². The van der Waals surface area contributed by atoms with Crippen molar-refractivity contribution in [3.63, 3.8) is 0 Å². The molecule has 4 aromatic rings. The van der Waals surface area contributed by atoms with Gasteiger partial charge in [-0.2, -0.15) is 0 Å². The van der Waals surface area contributed by atoms with Crippen LogP contribution in [0.3, 0.4) is 0 Å². The number of aliphatic hydroxyl groups excluding tert-OH is 1. The van der Waals surface area contributed by atoms with Gasteiger partial charge in [0.2, 0.25) is 0 Å². The lowest BCUT2D eigenvalue weighted by Crippen LogP contribution is -2.25. The highest BCUT2D eigenvalue weighted by molar-refractivity contribution is 7.80. The van der Waals surface area contributed by atoms with Crippen LogP contribution < -0.4 is 0 Å². The molecule has 4 rings (SSSR count). The van der Waals surface area contributed by atoms with E-state index >= 15 is 0 Å². The molecular formula is C29H30F2N2O4S. The van der Waals surface area contributed by atoms with Gasteiger partial charge in [0, 0.05) is 23.0 Å². The Labute approximate surface area is 223 Å². The number of benzene rings is 3. The summed E-state index contributed by atoms with van der Waals surface area (Å²) in [5.74, 6) is -0.513. The zero-order chi connectivity index (χ0) is 27.8. The highest BCUT2D eigenvalue weighted by Gasteiger charge is 2.34. The summed E-state index contributed by atoms with van der Waals surface area (Å²) in [5, 5.41) is 20.2. The number of aliphatic hydroxyl groups is 2. The number of aromatic nitrogens is 2. The highest BCUT2D eigenvalue weighted by atomic mass is 32.2. The molecule has 38 heavy (non-hydrogen) atoms. The van der Waals surface area contributed by atoms with Crippen molar-refractivity contribution in [3.05, 3.63) is 101 Å². The van der Waals surface area contributed by atoms with Gasteiger partial charge >= 0.3 is 0 Å². The zero-order valence-electron chi connectivity index (χ0n) is 21.8. The Morgan fingerprint density at radius 3 is 2.21 bits per heavy atom. The second-order valence-electron chi connectivity index (χ2n) is 10.0. The minimum absolute atomic E-state index is 0.0624. The van der Waals surface area contributed by atoms with Gasteiger partial charge in [-0.3, -0.25) is 4.18 Å². The maximum Gasteiger partial charge on any atom is 0.189 e. The molecule has 0 saturated carbocycles. The molecule has 0 saturated heterocycles. The number of rotatable bonds is 8. The van der Waals surface area contributed by atoms with Gasteiger partial charge in [0.25, 0.3) is 0 Å². The summed E-state index contributed by atoms with van der Waals surface area (Å²) in [7, 11) is 1.24. The van der Waals surface area contributed by atoms with Crippen molar-refractivity contribution in [2.75, 3.05) is 7.11 Å². The number of hydrogen-bond acceptors (Lipinski definition) is 5. The smallest absolute Gasteiger partial charge is 0.189 e. The second-order valence-corrected chi connectivity index (χ2v) is 11.3. The molecule has 6 nitrogen and oxygen atoms in total. The lowest BCUT2D eigenvalue weighted by Gasteiger charge is -2.26. The van der Waals surface area contributed by atoms with E-state index in [4.69, 9.17) is 9.17 Å². The molecule has 1 atom stereocenters.